The van der Waals surface area contributed by atoms with Crippen LogP contribution in [0.2, 0.25) is 0 Å². The number of hydrogen-bond donors (Lipinski definition) is 3. The van der Waals surface area contributed by atoms with Gasteiger partial charge in [-0.1, -0.05) is 186 Å². The van der Waals surface area contributed by atoms with Gasteiger partial charge in [0.05, 0.1) is 6.61 Å². The van der Waals surface area contributed by atoms with E-state index < -0.39 is 67.3 Å². The topological polar surface area (TPSA) is 175 Å². The number of aliphatic hydroxyl groups is 2. The molecule has 0 aromatic rings. The molecule has 0 saturated carbocycles. The SMILES string of the molecule is CC/C=C\C/C=C\C/C=C\C/C=C\C/C=C\CCCC(=O)OCC(COC1OC(C(=O)O)C(O)C(O)C1OC(=O)CCCC/C=C\C/C=C\C/C=C\C/C=C\CC)OC(=O)CCCCCCC/C=C\C/C=C\C/C=C\CC. The van der Waals surface area contributed by atoms with Gasteiger partial charge in [-0.15, -0.1) is 0 Å². The van der Waals surface area contributed by atoms with Gasteiger partial charge in [-0.3, -0.25) is 14.4 Å². The smallest absolute Gasteiger partial charge is 0.335 e. The van der Waals surface area contributed by atoms with Gasteiger partial charge in [0.25, 0.3) is 0 Å². The molecule has 0 radical (unpaired) electrons. The van der Waals surface area contributed by atoms with Gasteiger partial charge in [0.2, 0.25) is 0 Å². The summed E-state index contributed by atoms with van der Waals surface area (Å²) < 4.78 is 28.3. The first-order valence-electron chi connectivity index (χ1n) is 28.8. The number of carbonyl (C=O) groups excluding carboxylic acids is 3. The van der Waals surface area contributed by atoms with E-state index in [-0.39, 0.29) is 25.9 Å². The summed E-state index contributed by atoms with van der Waals surface area (Å²) in [5.74, 6) is -3.31. The molecular weight excluding hydrogens is 973 g/mol. The van der Waals surface area contributed by atoms with Crippen LogP contribution in [0.5, 0.6) is 0 Å². The molecule has 77 heavy (non-hydrogen) atoms. The summed E-state index contributed by atoms with van der Waals surface area (Å²) in [6.45, 7) is 5.54. The molecule has 0 spiro atoms. The zero-order chi connectivity index (χ0) is 56.1. The van der Waals surface area contributed by atoms with Crippen LogP contribution in [0, 0.1) is 0 Å². The van der Waals surface area contributed by atoms with E-state index in [1.165, 1.54) is 0 Å². The molecule has 1 aliphatic rings. The molecule has 0 aromatic carbocycles. The molecule has 0 aliphatic carbocycles. The van der Waals surface area contributed by atoms with Gasteiger partial charge in [-0.25, -0.2) is 4.79 Å². The van der Waals surface area contributed by atoms with Gasteiger partial charge in [0.15, 0.2) is 24.6 Å². The lowest BCUT2D eigenvalue weighted by Gasteiger charge is -2.40. The van der Waals surface area contributed by atoms with Crippen molar-refractivity contribution >= 4 is 23.9 Å². The van der Waals surface area contributed by atoms with Crippen molar-refractivity contribution in [1.82, 2.24) is 0 Å². The largest absolute Gasteiger partial charge is 0.479 e. The van der Waals surface area contributed by atoms with Crippen molar-refractivity contribution in [3.05, 3.63) is 146 Å². The number of aliphatic hydroxyl groups excluding tert-OH is 2. The quantitative estimate of drug-likeness (QED) is 0.0228. The molecule has 1 rings (SSSR count). The molecule has 430 valence electrons. The second kappa shape index (κ2) is 51.4. The van der Waals surface area contributed by atoms with E-state index in [0.717, 1.165) is 116 Å². The van der Waals surface area contributed by atoms with Crippen molar-refractivity contribution < 1.29 is 58.2 Å². The Balaban J connectivity index is 2.79. The fourth-order valence-corrected chi connectivity index (χ4v) is 7.58. The third-order valence-corrected chi connectivity index (χ3v) is 11.9. The molecule has 0 aromatic heterocycles. The highest BCUT2D eigenvalue weighted by Crippen LogP contribution is 2.26. The van der Waals surface area contributed by atoms with Crippen LogP contribution in [-0.2, 0) is 42.9 Å². The summed E-state index contributed by atoms with van der Waals surface area (Å²) in [6, 6.07) is 0. The fourth-order valence-electron chi connectivity index (χ4n) is 7.58. The second-order valence-corrected chi connectivity index (χ2v) is 18.8. The van der Waals surface area contributed by atoms with Gasteiger partial charge < -0.3 is 39.0 Å². The summed E-state index contributed by atoms with van der Waals surface area (Å²) in [6.07, 6.45) is 61.1. The summed E-state index contributed by atoms with van der Waals surface area (Å²) in [5.41, 5.74) is 0. The molecule has 12 heteroatoms. The van der Waals surface area contributed by atoms with Crippen LogP contribution in [0.15, 0.2) is 146 Å². The van der Waals surface area contributed by atoms with Crippen LogP contribution in [0.4, 0.5) is 0 Å². The predicted octanol–water partition coefficient (Wildman–Crippen LogP) is 14.8. The number of carboxylic acid groups (broad SMARTS) is 1. The maximum Gasteiger partial charge on any atom is 0.335 e. The van der Waals surface area contributed by atoms with E-state index >= 15 is 0 Å². The second-order valence-electron chi connectivity index (χ2n) is 18.8. The molecule has 1 aliphatic heterocycles. The first-order chi connectivity index (χ1) is 37.6. The number of unbranched alkanes of at least 4 members (excludes halogenated alkanes) is 8. The van der Waals surface area contributed by atoms with Gasteiger partial charge in [-0.05, 0) is 128 Å². The highest BCUT2D eigenvalue weighted by atomic mass is 16.7. The average Bonchev–Trinajstić information content (AvgIpc) is 3.42. The Hall–Kier alpha value is -5.40. The zero-order valence-corrected chi connectivity index (χ0v) is 47.1. The van der Waals surface area contributed by atoms with E-state index in [9.17, 15) is 34.5 Å². The normalized spacial score (nSPS) is 19.1. The number of carboxylic acids is 1. The minimum absolute atomic E-state index is 0.00826. The van der Waals surface area contributed by atoms with Crippen LogP contribution < -0.4 is 0 Å². The average molecular weight is 1070 g/mol. The number of ether oxygens (including phenoxy) is 5. The summed E-state index contributed by atoms with van der Waals surface area (Å²) >= 11 is 0. The third kappa shape index (κ3) is 41.4. The number of esters is 3. The van der Waals surface area contributed by atoms with E-state index in [1.54, 1.807) is 0 Å². The Bertz CT molecular complexity index is 1890. The molecule has 0 bridgehead atoms. The van der Waals surface area contributed by atoms with Crippen LogP contribution >= 0.6 is 0 Å². The molecule has 1 saturated heterocycles. The number of aliphatic carboxylic acids is 1. The molecule has 0 amide bonds. The molecule has 6 unspecified atom stereocenters. The Kier molecular flexibility index (Phi) is 46.4. The highest BCUT2D eigenvalue weighted by molar-refractivity contribution is 5.74. The number of carbonyl (C=O) groups is 4. The summed E-state index contributed by atoms with van der Waals surface area (Å²) in [4.78, 5) is 51.1. The molecule has 1 heterocycles. The Morgan fingerprint density at radius 2 is 0.792 bits per heavy atom. The Labute approximate surface area is 463 Å². The van der Waals surface area contributed by atoms with E-state index in [2.05, 4.69) is 154 Å². The van der Waals surface area contributed by atoms with E-state index in [4.69, 9.17) is 23.7 Å². The maximum atomic E-state index is 13.1. The lowest BCUT2D eigenvalue weighted by molar-refractivity contribution is -0.301. The summed E-state index contributed by atoms with van der Waals surface area (Å²) in [5, 5.41) is 31.5. The number of allylic oxidation sites excluding steroid dienone is 24. The lowest BCUT2D eigenvalue weighted by atomic mass is 9.98. The highest BCUT2D eigenvalue weighted by Gasteiger charge is 2.50. The molecule has 12 nitrogen and oxygen atoms in total. The van der Waals surface area contributed by atoms with Gasteiger partial charge in [0, 0.05) is 19.3 Å². The van der Waals surface area contributed by atoms with Gasteiger partial charge in [0.1, 0.15) is 18.8 Å². The number of rotatable bonds is 46. The Morgan fingerprint density at radius 3 is 1.25 bits per heavy atom. The fraction of sp³-hybridized carbons (Fsp3) is 0.569. The number of hydrogen-bond acceptors (Lipinski definition) is 11. The first-order valence-corrected chi connectivity index (χ1v) is 28.8. The molecule has 3 N–H and O–H groups in total. The van der Waals surface area contributed by atoms with E-state index in [0.29, 0.717) is 32.1 Å². The minimum Gasteiger partial charge on any atom is -0.479 e. The molecular formula is C65H98O12. The van der Waals surface area contributed by atoms with Crippen molar-refractivity contribution in [3.8, 4) is 0 Å². The summed E-state index contributed by atoms with van der Waals surface area (Å²) in [7, 11) is 0. The van der Waals surface area contributed by atoms with Crippen LogP contribution in [0.3, 0.4) is 0 Å². The predicted molar refractivity (Wildman–Crippen MR) is 312 cm³/mol. The van der Waals surface area contributed by atoms with Crippen molar-refractivity contribution in [1.29, 1.82) is 0 Å². The van der Waals surface area contributed by atoms with Crippen molar-refractivity contribution in [3.63, 3.8) is 0 Å². The zero-order valence-electron chi connectivity index (χ0n) is 47.1. The maximum absolute atomic E-state index is 13.1. The minimum atomic E-state index is -1.94. The first kappa shape index (κ1) is 69.6. The molecule has 1 fully saturated rings. The lowest BCUT2D eigenvalue weighted by Crippen LogP contribution is -2.61. The molecule has 6 atom stereocenters. The van der Waals surface area contributed by atoms with Crippen LogP contribution in [0.1, 0.15) is 188 Å². The monoisotopic (exact) mass is 1070 g/mol. The van der Waals surface area contributed by atoms with Crippen LogP contribution in [0.25, 0.3) is 0 Å². The Morgan fingerprint density at radius 1 is 0.429 bits per heavy atom. The van der Waals surface area contributed by atoms with E-state index in [1.807, 2.05) is 12.2 Å². The van der Waals surface area contributed by atoms with Crippen LogP contribution in [-0.4, -0.2) is 89.2 Å². The third-order valence-electron chi connectivity index (χ3n) is 11.9. The van der Waals surface area contributed by atoms with Crippen molar-refractivity contribution in [2.75, 3.05) is 13.2 Å². The van der Waals surface area contributed by atoms with Crippen molar-refractivity contribution in [2.45, 2.75) is 225 Å². The van der Waals surface area contributed by atoms with Crippen molar-refractivity contribution in [2.24, 2.45) is 0 Å². The van der Waals surface area contributed by atoms with Gasteiger partial charge in [-0.2, -0.15) is 0 Å². The standard InChI is InChI=1S/C65H98O12/c1-4-7-10-13-16-19-22-25-28-29-32-33-36-39-42-45-48-51-57(66)73-54-56(75-58(67)52-49-46-43-40-37-34-30-26-23-20-17-14-11-8-5-2)55-74-65-63(61(70)60(69)62(77-65)64(71)72)76-59(68)53-50-47-44-41-38-35-31-27-24-21-18-15-12-9-6-3/h7-12,16-21,25-28,30-33,38-39,41-42,56,60-63,65,69-70H,4-6,13-15,22-24,29,34-37,40,43-55H2,1-3H3,(H,71,72)/b10-7-,11-8-,12-9-,19-16-,20-17-,21-18-,28-25-,30-26-,31-27-,33-32-,41-38-,42-39-. The van der Waals surface area contributed by atoms with Gasteiger partial charge >= 0.3 is 23.9 Å².